The second-order valence-corrected chi connectivity index (χ2v) is 6.01. The summed E-state index contributed by atoms with van der Waals surface area (Å²) in [4.78, 5) is 21.8. The van der Waals surface area contributed by atoms with Crippen LogP contribution in [0.2, 0.25) is 0 Å². The van der Waals surface area contributed by atoms with Crippen molar-refractivity contribution in [1.82, 2.24) is 15.3 Å². The topological polar surface area (TPSA) is 78.9 Å². The van der Waals surface area contributed by atoms with E-state index < -0.39 is 0 Å². The molecular weight excluding hydrogens is 322 g/mol. The van der Waals surface area contributed by atoms with E-state index in [1.54, 1.807) is 11.8 Å². The summed E-state index contributed by atoms with van der Waals surface area (Å²) in [7, 11) is 0. The van der Waals surface area contributed by atoms with Gasteiger partial charge in [0.25, 0.3) is 5.91 Å². The second kappa shape index (κ2) is 9.12. The van der Waals surface area contributed by atoms with Crippen molar-refractivity contribution in [3.63, 3.8) is 0 Å². The highest BCUT2D eigenvalue weighted by atomic mass is 32.2. The summed E-state index contributed by atoms with van der Waals surface area (Å²) in [5.41, 5.74) is 0.667. The Bertz CT molecular complexity index is 675. The zero-order valence-corrected chi connectivity index (χ0v) is 15.0. The predicted molar refractivity (Wildman–Crippen MR) is 100.0 cm³/mol. The Labute approximate surface area is 146 Å². The molecule has 3 N–H and O–H groups in total. The van der Waals surface area contributed by atoms with E-state index in [9.17, 15) is 4.79 Å². The first-order valence-electron chi connectivity index (χ1n) is 7.88. The summed E-state index contributed by atoms with van der Waals surface area (Å²) in [6.07, 6.45) is 2.01. The van der Waals surface area contributed by atoms with Crippen molar-refractivity contribution in [2.75, 3.05) is 36.5 Å². The van der Waals surface area contributed by atoms with Gasteiger partial charge in [-0.2, -0.15) is 0 Å². The van der Waals surface area contributed by atoms with E-state index in [1.165, 1.54) is 0 Å². The smallest absolute Gasteiger partial charge is 0.251 e. The van der Waals surface area contributed by atoms with Crippen LogP contribution in [0.25, 0.3) is 0 Å². The van der Waals surface area contributed by atoms with Gasteiger partial charge in [-0.25, -0.2) is 9.97 Å². The van der Waals surface area contributed by atoms with Gasteiger partial charge in [-0.1, -0.05) is 0 Å². The predicted octanol–water partition coefficient (Wildman–Crippen LogP) is 2.78. The van der Waals surface area contributed by atoms with Gasteiger partial charge in [0.15, 0.2) is 0 Å². The normalized spacial score (nSPS) is 10.3. The zero-order valence-electron chi connectivity index (χ0n) is 14.2. The van der Waals surface area contributed by atoms with Gasteiger partial charge in [0, 0.05) is 36.2 Å². The molecule has 0 atom stereocenters. The molecule has 0 unspecified atom stereocenters. The summed E-state index contributed by atoms with van der Waals surface area (Å²) in [5, 5.41) is 9.26. The van der Waals surface area contributed by atoms with Crippen LogP contribution in [0.3, 0.4) is 0 Å². The minimum absolute atomic E-state index is 0.0725. The Hall–Kier alpha value is -2.28. The fourth-order valence-electron chi connectivity index (χ4n) is 2.14. The Kier molecular flexibility index (Phi) is 6.87. The number of nitrogens with one attached hydrogen (secondary N) is 3. The van der Waals surface area contributed by atoms with Crippen molar-refractivity contribution in [2.45, 2.75) is 18.7 Å². The van der Waals surface area contributed by atoms with Gasteiger partial charge in [-0.05, 0) is 44.4 Å². The van der Waals surface area contributed by atoms with Crippen molar-refractivity contribution in [2.24, 2.45) is 0 Å². The summed E-state index contributed by atoms with van der Waals surface area (Å²) >= 11 is 1.66. The maximum absolute atomic E-state index is 12.1. The van der Waals surface area contributed by atoms with Crippen LogP contribution in [0.5, 0.6) is 0 Å². The molecule has 2 rings (SSSR count). The molecule has 0 radical (unpaired) electrons. The van der Waals surface area contributed by atoms with Crippen LogP contribution >= 0.6 is 11.8 Å². The molecule has 2 aromatic rings. The van der Waals surface area contributed by atoms with Crippen LogP contribution < -0.4 is 16.0 Å². The Morgan fingerprint density at radius 1 is 1.08 bits per heavy atom. The monoisotopic (exact) mass is 345 g/mol. The minimum atomic E-state index is -0.0725. The van der Waals surface area contributed by atoms with E-state index in [0.29, 0.717) is 24.5 Å². The SMILES string of the molecule is CCNc1cc(NCCNC(=O)c2ccc(SC)cc2)nc(C)n1. The van der Waals surface area contributed by atoms with E-state index in [4.69, 9.17) is 0 Å². The molecule has 0 aliphatic carbocycles. The maximum atomic E-state index is 12.1. The van der Waals surface area contributed by atoms with Crippen LogP contribution in [0.1, 0.15) is 23.1 Å². The summed E-state index contributed by atoms with van der Waals surface area (Å²) in [5.74, 6) is 2.17. The molecule has 128 valence electrons. The molecule has 1 aromatic carbocycles. The van der Waals surface area contributed by atoms with Crippen molar-refractivity contribution in [1.29, 1.82) is 0 Å². The van der Waals surface area contributed by atoms with Gasteiger partial charge in [0.05, 0.1) is 0 Å². The molecule has 6 nitrogen and oxygen atoms in total. The number of rotatable bonds is 8. The van der Waals surface area contributed by atoms with Gasteiger partial charge < -0.3 is 16.0 Å². The van der Waals surface area contributed by atoms with E-state index >= 15 is 0 Å². The molecule has 24 heavy (non-hydrogen) atoms. The molecular formula is C17H23N5OS. The molecule has 0 saturated carbocycles. The van der Waals surface area contributed by atoms with Crippen LogP contribution in [0.15, 0.2) is 35.2 Å². The van der Waals surface area contributed by atoms with Gasteiger partial charge in [-0.3, -0.25) is 4.79 Å². The van der Waals surface area contributed by atoms with E-state index in [2.05, 4.69) is 25.9 Å². The number of carbonyl (C=O) groups is 1. The van der Waals surface area contributed by atoms with Crippen molar-refractivity contribution in [3.8, 4) is 0 Å². The second-order valence-electron chi connectivity index (χ2n) is 5.13. The fraction of sp³-hybridized carbons (Fsp3) is 0.353. The average molecular weight is 345 g/mol. The third-order valence-electron chi connectivity index (χ3n) is 3.26. The van der Waals surface area contributed by atoms with E-state index in [1.807, 2.05) is 50.4 Å². The van der Waals surface area contributed by atoms with Gasteiger partial charge in [0.2, 0.25) is 0 Å². The van der Waals surface area contributed by atoms with Crippen LogP contribution in [0.4, 0.5) is 11.6 Å². The maximum Gasteiger partial charge on any atom is 0.251 e. The van der Waals surface area contributed by atoms with Crippen molar-refractivity contribution < 1.29 is 4.79 Å². The number of thioether (sulfide) groups is 1. The van der Waals surface area contributed by atoms with Gasteiger partial charge in [0.1, 0.15) is 17.5 Å². The highest BCUT2D eigenvalue weighted by Gasteiger charge is 2.05. The third-order valence-corrected chi connectivity index (χ3v) is 4.01. The standard InChI is InChI=1S/C17H23N5OS/c1-4-18-15-11-16(22-12(2)21-15)19-9-10-20-17(23)13-5-7-14(24-3)8-6-13/h5-8,11H,4,9-10H2,1-3H3,(H,20,23)(H2,18,19,21,22). The van der Waals surface area contributed by atoms with Crippen LogP contribution in [-0.4, -0.2) is 41.8 Å². The number of aryl methyl sites for hydroxylation is 1. The lowest BCUT2D eigenvalue weighted by Gasteiger charge is -2.10. The Balaban J connectivity index is 1.80. The van der Waals surface area contributed by atoms with E-state index in [0.717, 1.165) is 23.1 Å². The number of hydrogen-bond donors (Lipinski definition) is 3. The number of nitrogens with zero attached hydrogens (tertiary/aromatic N) is 2. The lowest BCUT2D eigenvalue weighted by molar-refractivity contribution is 0.0955. The average Bonchev–Trinajstić information content (AvgIpc) is 2.58. The summed E-state index contributed by atoms with van der Waals surface area (Å²) in [6, 6.07) is 9.43. The largest absolute Gasteiger partial charge is 0.370 e. The van der Waals surface area contributed by atoms with Crippen molar-refractivity contribution in [3.05, 3.63) is 41.7 Å². The van der Waals surface area contributed by atoms with E-state index in [-0.39, 0.29) is 5.91 Å². The molecule has 7 heteroatoms. The molecule has 0 spiro atoms. The molecule has 0 fully saturated rings. The molecule has 0 bridgehead atoms. The minimum Gasteiger partial charge on any atom is -0.370 e. The lowest BCUT2D eigenvalue weighted by atomic mass is 10.2. The first-order valence-corrected chi connectivity index (χ1v) is 9.10. The van der Waals surface area contributed by atoms with Crippen LogP contribution in [-0.2, 0) is 0 Å². The molecule has 1 heterocycles. The number of carbonyl (C=O) groups excluding carboxylic acids is 1. The zero-order chi connectivity index (χ0) is 17.4. The number of amides is 1. The number of aromatic nitrogens is 2. The first kappa shape index (κ1) is 18.1. The quantitative estimate of drug-likeness (QED) is 0.504. The van der Waals surface area contributed by atoms with Gasteiger partial charge in [-0.15, -0.1) is 11.8 Å². The number of benzene rings is 1. The Morgan fingerprint density at radius 2 is 1.75 bits per heavy atom. The highest BCUT2D eigenvalue weighted by Crippen LogP contribution is 2.14. The fourth-order valence-corrected chi connectivity index (χ4v) is 2.55. The molecule has 0 saturated heterocycles. The number of anilines is 2. The molecule has 1 aromatic heterocycles. The lowest BCUT2D eigenvalue weighted by Crippen LogP contribution is -2.28. The van der Waals surface area contributed by atoms with Crippen molar-refractivity contribution >= 4 is 29.3 Å². The van der Waals surface area contributed by atoms with Gasteiger partial charge >= 0.3 is 0 Å². The first-order chi connectivity index (χ1) is 11.6. The molecule has 0 aliphatic rings. The number of hydrogen-bond acceptors (Lipinski definition) is 6. The van der Waals surface area contributed by atoms with Crippen LogP contribution in [0, 0.1) is 6.92 Å². The molecule has 0 aliphatic heterocycles. The highest BCUT2D eigenvalue weighted by molar-refractivity contribution is 7.98. The summed E-state index contributed by atoms with van der Waals surface area (Å²) < 4.78 is 0. The third kappa shape index (κ3) is 5.42. The summed E-state index contributed by atoms with van der Waals surface area (Å²) in [6.45, 7) is 5.79. The Morgan fingerprint density at radius 3 is 2.38 bits per heavy atom. The molecule has 1 amide bonds.